The van der Waals surface area contributed by atoms with Crippen molar-refractivity contribution in [1.82, 2.24) is 5.32 Å². The molecule has 0 aliphatic carbocycles. The predicted molar refractivity (Wildman–Crippen MR) is 104 cm³/mol. The number of hydrogen-bond donors (Lipinski definition) is 1. The van der Waals surface area contributed by atoms with Crippen LogP contribution >= 0.6 is 23.7 Å². The lowest BCUT2D eigenvalue weighted by molar-refractivity contribution is 0.306. The Balaban J connectivity index is 0.00000208. The van der Waals surface area contributed by atoms with Gasteiger partial charge in [0.2, 0.25) is 0 Å². The van der Waals surface area contributed by atoms with Gasteiger partial charge in [-0.15, -0.1) is 23.7 Å². The predicted octanol–water partition coefficient (Wildman–Crippen LogP) is 5.35. The van der Waals surface area contributed by atoms with Crippen LogP contribution < -0.4 is 10.1 Å². The molecular weight excluding hydrogens is 338 g/mol. The van der Waals surface area contributed by atoms with E-state index in [9.17, 15) is 0 Å². The van der Waals surface area contributed by atoms with Crippen LogP contribution in [0.5, 0.6) is 5.75 Å². The molecule has 0 aliphatic heterocycles. The monoisotopic (exact) mass is 359 g/mol. The summed E-state index contributed by atoms with van der Waals surface area (Å²) in [6.45, 7) is 4.45. The second kappa shape index (κ2) is 9.48. The van der Waals surface area contributed by atoms with E-state index in [4.69, 9.17) is 4.74 Å². The molecule has 126 valence electrons. The van der Waals surface area contributed by atoms with Crippen LogP contribution in [0.15, 0.2) is 66.0 Å². The van der Waals surface area contributed by atoms with Crippen molar-refractivity contribution in [2.75, 3.05) is 0 Å². The van der Waals surface area contributed by atoms with Gasteiger partial charge in [0.1, 0.15) is 12.4 Å². The van der Waals surface area contributed by atoms with E-state index < -0.39 is 0 Å². The molecule has 3 rings (SSSR count). The van der Waals surface area contributed by atoms with Gasteiger partial charge in [0.25, 0.3) is 0 Å². The molecule has 0 aliphatic rings. The Morgan fingerprint density at radius 2 is 1.75 bits per heavy atom. The van der Waals surface area contributed by atoms with E-state index in [1.54, 1.807) is 11.3 Å². The van der Waals surface area contributed by atoms with Crippen molar-refractivity contribution in [3.05, 3.63) is 87.6 Å². The molecule has 0 radical (unpaired) electrons. The van der Waals surface area contributed by atoms with Gasteiger partial charge < -0.3 is 10.1 Å². The topological polar surface area (TPSA) is 21.3 Å². The van der Waals surface area contributed by atoms with E-state index in [1.807, 2.05) is 12.1 Å². The van der Waals surface area contributed by atoms with Gasteiger partial charge in [-0.25, -0.2) is 0 Å². The van der Waals surface area contributed by atoms with E-state index in [2.05, 4.69) is 66.2 Å². The molecule has 3 aromatic rings. The zero-order valence-corrected chi connectivity index (χ0v) is 15.3. The minimum atomic E-state index is 0. The summed E-state index contributed by atoms with van der Waals surface area (Å²) in [4.78, 5) is 1.36. The van der Waals surface area contributed by atoms with E-state index in [0.717, 1.165) is 18.8 Å². The minimum absolute atomic E-state index is 0. The SMILES string of the molecule is Cc1ccc(COc2cccc(CNCc3cccs3)c2)cc1.Cl. The van der Waals surface area contributed by atoms with Crippen LogP contribution in [-0.2, 0) is 19.7 Å². The van der Waals surface area contributed by atoms with Gasteiger partial charge in [0, 0.05) is 18.0 Å². The molecule has 1 heterocycles. The average Bonchev–Trinajstić information content (AvgIpc) is 3.08. The van der Waals surface area contributed by atoms with Crippen LogP contribution in [-0.4, -0.2) is 0 Å². The number of halogens is 1. The number of rotatable bonds is 7. The minimum Gasteiger partial charge on any atom is -0.489 e. The summed E-state index contributed by atoms with van der Waals surface area (Å²) in [7, 11) is 0. The zero-order chi connectivity index (χ0) is 15.9. The molecule has 0 fully saturated rings. The number of thiophene rings is 1. The Hall–Kier alpha value is -1.81. The van der Waals surface area contributed by atoms with E-state index in [0.29, 0.717) is 6.61 Å². The summed E-state index contributed by atoms with van der Waals surface area (Å²) in [6, 6.07) is 21.0. The first-order valence-corrected chi connectivity index (χ1v) is 8.68. The summed E-state index contributed by atoms with van der Waals surface area (Å²) in [6.07, 6.45) is 0. The highest BCUT2D eigenvalue weighted by Gasteiger charge is 1.99. The van der Waals surface area contributed by atoms with Gasteiger partial charge in [-0.05, 0) is 41.6 Å². The Morgan fingerprint density at radius 1 is 0.917 bits per heavy atom. The van der Waals surface area contributed by atoms with Crippen LogP contribution in [0.2, 0.25) is 0 Å². The van der Waals surface area contributed by atoms with Crippen molar-refractivity contribution in [1.29, 1.82) is 0 Å². The second-order valence-electron chi connectivity index (χ2n) is 5.60. The molecular formula is C20H22ClNOS. The van der Waals surface area contributed by atoms with Crippen LogP contribution in [0.25, 0.3) is 0 Å². The molecule has 0 saturated heterocycles. The van der Waals surface area contributed by atoms with Crippen molar-refractivity contribution >= 4 is 23.7 Å². The van der Waals surface area contributed by atoms with Gasteiger partial charge in [-0.1, -0.05) is 48.0 Å². The summed E-state index contributed by atoms with van der Waals surface area (Å²) in [5, 5.41) is 5.57. The maximum atomic E-state index is 5.90. The lowest BCUT2D eigenvalue weighted by Gasteiger charge is -2.09. The maximum absolute atomic E-state index is 5.90. The second-order valence-corrected chi connectivity index (χ2v) is 6.64. The standard InChI is InChI=1S/C20H21NOS.ClH/c1-16-7-9-17(10-8-16)15-22-19-5-2-4-18(12-19)13-21-14-20-6-3-11-23-20;/h2-12,21H,13-15H2,1H3;1H. The number of benzene rings is 2. The number of hydrogen-bond acceptors (Lipinski definition) is 3. The average molecular weight is 360 g/mol. The molecule has 2 nitrogen and oxygen atoms in total. The molecule has 0 bridgehead atoms. The molecule has 0 spiro atoms. The number of aryl methyl sites for hydroxylation is 1. The molecule has 0 saturated carbocycles. The van der Waals surface area contributed by atoms with Crippen molar-refractivity contribution in [2.24, 2.45) is 0 Å². The van der Waals surface area contributed by atoms with E-state index >= 15 is 0 Å². The molecule has 0 amide bonds. The van der Waals surface area contributed by atoms with Crippen LogP contribution in [0.3, 0.4) is 0 Å². The van der Waals surface area contributed by atoms with Gasteiger partial charge in [0.15, 0.2) is 0 Å². The Bertz CT molecular complexity index is 726. The fourth-order valence-electron chi connectivity index (χ4n) is 2.34. The lowest BCUT2D eigenvalue weighted by Crippen LogP contribution is -2.11. The van der Waals surface area contributed by atoms with Crippen LogP contribution in [0, 0.1) is 6.92 Å². The Labute approximate surface area is 153 Å². The third kappa shape index (κ3) is 5.68. The van der Waals surface area contributed by atoms with Crippen LogP contribution in [0.1, 0.15) is 21.6 Å². The fourth-order valence-corrected chi connectivity index (χ4v) is 3.01. The summed E-state index contributed by atoms with van der Waals surface area (Å²) < 4.78 is 5.90. The van der Waals surface area contributed by atoms with Gasteiger partial charge in [0.05, 0.1) is 0 Å². The van der Waals surface area contributed by atoms with Crippen molar-refractivity contribution < 1.29 is 4.74 Å². The Morgan fingerprint density at radius 3 is 2.50 bits per heavy atom. The molecule has 0 unspecified atom stereocenters. The summed E-state index contributed by atoms with van der Waals surface area (Å²) >= 11 is 1.78. The smallest absolute Gasteiger partial charge is 0.120 e. The highest BCUT2D eigenvalue weighted by Crippen LogP contribution is 2.16. The zero-order valence-electron chi connectivity index (χ0n) is 13.7. The maximum Gasteiger partial charge on any atom is 0.120 e. The molecule has 2 aromatic carbocycles. The number of ether oxygens (including phenoxy) is 1. The molecule has 1 aromatic heterocycles. The number of nitrogens with one attached hydrogen (secondary N) is 1. The van der Waals surface area contributed by atoms with Crippen molar-refractivity contribution in [3.8, 4) is 5.75 Å². The fraction of sp³-hybridized carbons (Fsp3) is 0.200. The Kier molecular flexibility index (Phi) is 7.32. The van der Waals surface area contributed by atoms with Crippen LogP contribution in [0.4, 0.5) is 0 Å². The molecule has 0 atom stereocenters. The third-order valence-corrected chi connectivity index (χ3v) is 4.51. The van der Waals surface area contributed by atoms with E-state index in [1.165, 1.54) is 21.6 Å². The quantitative estimate of drug-likeness (QED) is 0.614. The van der Waals surface area contributed by atoms with E-state index in [-0.39, 0.29) is 12.4 Å². The molecule has 1 N–H and O–H groups in total. The largest absolute Gasteiger partial charge is 0.489 e. The first kappa shape index (κ1) is 18.5. The van der Waals surface area contributed by atoms with Crippen molar-refractivity contribution in [3.63, 3.8) is 0 Å². The first-order chi connectivity index (χ1) is 11.3. The van der Waals surface area contributed by atoms with Gasteiger partial charge >= 0.3 is 0 Å². The molecule has 4 heteroatoms. The normalized spacial score (nSPS) is 10.2. The highest BCUT2D eigenvalue weighted by atomic mass is 35.5. The third-order valence-electron chi connectivity index (χ3n) is 3.63. The summed E-state index contributed by atoms with van der Waals surface area (Å²) in [5.41, 5.74) is 3.70. The van der Waals surface area contributed by atoms with Gasteiger partial charge in [-0.2, -0.15) is 0 Å². The summed E-state index contributed by atoms with van der Waals surface area (Å²) in [5.74, 6) is 0.918. The van der Waals surface area contributed by atoms with Crippen molar-refractivity contribution in [2.45, 2.75) is 26.6 Å². The first-order valence-electron chi connectivity index (χ1n) is 7.80. The van der Waals surface area contributed by atoms with Gasteiger partial charge in [-0.3, -0.25) is 0 Å². The highest BCUT2D eigenvalue weighted by molar-refractivity contribution is 7.09. The molecule has 24 heavy (non-hydrogen) atoms. The lowest BCUT2D eigenvalue weighted by atomic mass is 10.2.